The van der Waals surface area contributed by atoms with Crippen LogP contribution in [0.5, 0.6) is 5.88 Å². The van der Waals surface area contributed by atoms with Crippen molar-refractivity contribution in [1.29, 1.82) is 0 Å². The van der Waals surface area contributed by atoms with Gasteiger partial charge in [0.15, 0.2) is 6.61 Å². The van der Waals surface area contributed by atoms with Crippen molar-refractivity contribution in [2.24, 2.45) is 0 Å². The lowest BCUT2D eigenvalue weighted by molar-refractivity contribution is -0.122. The van der Waals surface area contributed by atoms with E-state index in [0.29, 0.717) is 12.4 Å². The second-order valence-electron chi connectivity index (χ2n) is 4.02. The van der Waals surface area contributed by atoms with Crippen LogP contribution in [-0.2, 0) is 4.79 Å². The Morgan fingerprint density at radius 1 is 1.53 bits per heavy atom. The summed E-state index contributed by atoms with van der Waals surface area (Å²) in [5, 5.41) is 3.54. The number of carbonyl (C=O) groups is 1. The summed E-state index contributed by atoms with van der Waals surface area (Å²) in [5.41, 5.74) is 1.10. The van der Waals surface area contributed by atoms with Crippen LogP contribution >= 0.6 is 11.3 Å². The Balaban J connectivity index is 2.17. The number of aryl methyl sites for hydroxylation is 2. The summed E-state index contributed by atoms with van der Waals surface area (Å²) in [7, 11) is 0. The molecule has 2 rings (SSSR count). The topological polar surface area (TPSA) is 64.1 Å². The first-order valence-corrected chi connectivity index (χ1v) is 6.66. The summed E-state index contributed by atoms with van der Waals surface area (Å²) in [4.78, 5) is 21.9. The van der Waals surface area contributed by atoms with Crippen LogP contribution in [0.4, 0.5) is 0 Å². The number of nitrogens with one attached hydrogen (secondary N) is 1. The Hall–Kier alpha value is -1.95. The molecule has 0 atom stereocenters. The molecule has 5 nitrogen and oxygen atoms in total. The van der Waals surface area contributed by atoms with E-state index >= 15 is 0 Å². The average molecular weight is 277 g/mol. The highest BCUT2D eigenvalue weighted by molar-refractivity contribution is 7.18. The Labute approximate surface area is 115 Å². The van der Waals surface area contributed by atoms with E-state index < -0.39 is 0 Å². The molecule has 2 aromatic rings. The van der Waals surface area contributed by atoms with E-state index in [2.05, 4.69) is 21.9 Å². The Kier molecular flexibility index (Phi) is 4.11. The van der Waals surface area contributed by atoms with E-state index in [1.54, 1.807) is 17.4 Å². The zero-order valence-corrected chi connectivity index (χ0v) is 11.7. The summed E-state index contributed by atoms with van der Waals surface area (Å²) in [6.07, 6.45) is 3.07. The molecule has 0 aliphatic heterocycles. The van der Waals surface area contributed by atoms with Crippen LogP contribution in [0.25, 0.3) is 10.2 Å². The molecule has 0 saturated heterocycles. The van der Waals surface area contributed by atoms with Crippen LogP contribution in [0, 0.1) is 13.8 Å². The number of thiophene rings is 1. The molecule has 1 N–H and O–H groups in total. The molecule has 100 valence electrons. The summed E-state index contributed by atoms with van der Waals surface area (Å²) < 4.78 is 5.48. The highest BCUT2D eigenvalue weighted by Gasteiger charge is 2.13. The van der Waals surface area contributed by atoms with E-state index in [1.165, 1.54) is 11.2 Å². The fourth-order valence-corrected chi connectivity index (χ4v) is 2.62. The van der Waals surface area contributed by atoms with Gasteiger partial charge in [0.2, 0.25) is 5.88 Å². The second-order valence-corrected chi connectivity index (χ2v) is 5.23. The van der Waals surface area contributed by atoms with Crippen LogP contribution in [0.1, 0.15) is 10.4 Å². The normalized spacial score (nSPS) is 10.4. The minimum atomic E-state index is -0.198. The molecule has 2 heterocycles. The van der Waals surface area contributed by atoms with Gasteiger partial charge in [0.05, 0.1) is 5.39 Å². The van der Waals surface area contributed by atoms with Crippen LogP contribution in [-0.4, -0.2) is 29.0 Å². The third-order valence-corrected chi connectivity index (χ3v) is 3.83. The van der Waals surface area contributed by atoms with Gasteiger partial charge in [0.1, 0.15) is 11.2 Å². The van der Waals surface area contributed by atoms with Gasteiger partial charge in [-0.3, -0.25) is 4.79 Å². The maximum absolute atomic E-state index is 11.5. The third kappa shape index (κ3) is 2.90. The smallest absolute Gasteiger partial charge is 0.258 e. The molecule has 0 saturated carbocycles. The van der Waals surface area contributed by atoms with Gasteiger partial charge in [-0.05, 0) is 19.4 Å². The summed E-state index contributed by atoms with van der Waals surface area (Å²) >= 11 is 1.60. The number of fused-ring (bicyclic) bond motifs is 1. The van der Waals surface area contributed by atoms with Gasteiger partial charge in [-0.1, -0.05) is 6.08 Å². The standard InChI is InChI=1S/C13H15N3O2S/c1-4-5-14-10(17)6-18-12-11-8(2)9(3)19-13(11)16-7-15-12/h4,7H,1,5-6H2,2-3H3,(H,14,17). The SMILES string of the molecule is C=CCNC(=O)COc1ncnc2sc(C)c(C)c12. The Morgan fingerprint density at radius 3 is 3.05 bits per heavy atom. The number of ether oxygens (including phenoxy) is 1. The predicted octanol–water partition coefficient (Wildman–Crippen LogP) is 1.99. The van der Waals surface area contributed by atoms with Gasteiger partial charge in [-0.2, -0.15) is 0 Å². The number of carbonyl (C=O) groups excluding carboxylic acids is 1. The summed E-state index contributed by atoms with van der Waals surface area (Å²) in [6, 6.07) is 0. The van der Waals surface area contributed by atoms with E-state index in [-0.39, 0.29) is 12.5 Å². The van der Waals surface area contributed by atoms with Crippen molar-refractivity contribution in [2.45, 2.75) is 13.8 Å². The largest absolute Gasteiger partial charge is 0.467 e. The fourth-order valence-electron chi connectivity index (χ4n) is 1.63. The van der Waals surface area contributed by atoms with E-state index in [9.17, 15) is 4.79 Å². The van der Waals surface area contributed by atoms with Crippen molar-refractivity contribution < 1.29 is 9.53 Å². The lowest BCUT2D eigenvalue weighted by Crippen LogP contribution is -2.29. The molecule has 0 spiro atoms. The molecule has 0 aliphatic rings. The lowest BCUT2D eigenvalue weighted by Gasteiger charge is -2.06. The number of amides is 1. The number of rotatable bonds is 5. The quantitative estimate of drug-likeness (QED) is 0.849. The number of aromatic nitrogens is 2. The minimum absolute atomic E-state index is 0.0612. The van der Waals surface area contributed by atoms with Gasteiger partial charge in [-0.15, -0.1) is 17.9 Å². The first-order valence-electron chi connectivity index (χ1n) is 5.84. The van der Waals surface area contributed by atoms with Crippen molar-refractivity contribution in [3.05, 3.63) is 29.4 Å². The molecule has 0 aliphatic carbocycles. The van der Waals surface area contributed by atoms with Gasteiger partial charge in [0, 0.05) is 11.4 Å². The number of nitrogens with zero attached hydrogens (tertiary/aromatic N) is 2. The fraction of sp³-hybridized carbons (Fsp3) is 0.308. The van der Waals surface area contributed by atoms with Crippen LogP contribution in [0.15, 0.2) is 19.0 Å². The van der Waals surface area contributed by atoms with Crippen molar-refractivity contribution >= 4 is 27.5 Å². The highest BCUT2D eigenvalue weighted by Crippen LogP contribution is 2.33. The molecule has 0 aromatic carbocycles. The van der Waals surface area contributed by atoms with Crippen LogP contribution in [0.2, 0.25) is 0 Å². The van der Waals surface area contributed by atoms with Gasteiger partial charge >= 0.3 is 0 Å². The zero-order chi connectivity index (χ0) is 13.8. The molecule has 6 heteroatoms. The average Bonchev–Trinajstić information content (AvgIpc) is 2.70. The first-order chi connectivity index (χ1) is 9.13. The molecule has 1 amide bonds. The van der Waals surface area contributed by atoms with Crippen molar-refractivity contribution in [3.63, 3.8) is 0 Å². The Bertz CT molecular complexity index is 622. The molecule has 2 aromatic heterocycles. The summed E-state index contributed by atoms with van der Waals surface area (Å²) in [5.74, 6) is 0.261. The molecular weight excluding hydrogens is 262 g/mol. The van der Waals surface area contributed by atoms with E-state index in [1.807, 2.05) is 13.8 Å². The lowest BCUT2D eigenvalue weighted by atomic mass is 10.2. The van der Waals surface area contributed by atoms with Gasteiger partial charge in [0.25, 0.3) is 5.91 Å². The highest BCUT2D eigenvalue weighted by atomic mass is 32.1. The molecule has 19 heavy (non-hydrogen) atoms. The number of hydrogen-bond acceptors (Lipinski definition) is 5. The van der Waals surface area contributed by atoms with Crippen molar-refractivity contribution in [2.75, 3.05) is 13.2 Å². The maximum Gasteiger partial charge on any atom is 0.258 e. The molecule has 0 fully saturated rings. The van der Waals surface area contributed by atoms with Crippen molar-refractivity contribution in [3.8, 4) is 5.88 Å². The number of hydrogen-bond donors (Lipinski definition) is 1. The molecular formula is C13H15N3O2S. The Morgan fingerprint density at radius 2 is 2.32 bits per heavy atom. The zero-order valence-electron chi connectivity index (χ0n) is 10.9. The van der Waals surface area contributed by atoms with Crippen LogP contribution in [0.3, 0.4) is 0 Å². The van der Waals surface area contributed by atoms with Crippen molar-refractivity contribution in [1.82, 2.24) is 15.3 Å². The van der Waals surface area contributed by atoms with Gasteiger partial charge in [-0.25, -0.2) is 9.97 Å². The van der Waals surface area contributed by atoms with E-state index in [4.69, 9.17) is 4.74 Å². The monoisotopic (exact) mass is 277 g/mol. The molecule has 0 radical (unpaired) electrons. The minimum Gasteiger partial charge on any atom is -0.467 e. The second kappa shape index (κ2) is 5.79. The third-order valence-electron chi connectivity index (χ3n) is 2.71. The predicted molar refractivity (Wildman–Crippen MR) is 75.6 cm³/mol. The first kappa shape index (κ1) is 13.5. The van der Waals surface area contributed by atoms with E-state index in [0.717, 1.165) is 15.8 Å². The maximum atomic E-state index is 11.5. The summed E-state index contributed by atoms with van der Waals surface area (Å²) in [6.45, 7) is 7.93. The molecule has 0 bridgehead atoms. The van der Waals surface area contributed by atoms with Gasteiger partial charge < -0.3 is 10.1 Å². The molecule has 0 unspecified atom stereocenters. The van der Waals surface area contributed by atoms with Crippen LogP contribution < -0.4 is 10.1 Å².